The van der Waals surface area contributed by atoms with Gasteiger partial charge in [0.1, 0.15) is 0 Å². The molecule has 0 radical (unpaired) electrons. The predicted octanol–water partition coefficient (Wildman–Crippen LogP) is 7.70. The van der Waals surface area contributed by atoms with Crippen LogP contribution in [0, 0.1) is 0 Å². The first-order valence-corrected chi connectivity index (χ1v) is 14.5. The lowest BCUT2D eigenvalue weighted by Crippen LogP contribution is -2.32. The molecule has 2 N–H and O–H groups in total. The Morgan fingerprint density at radius 1 is 0.767 bits per heavy atom. The van der Waals surface area contributed by atoms with Gasteiger partial charge in [-0.05, 0) is 109 Å². The van der Waals surface area contributed by atoms with E-state index in [0.717, 1.165) is 44.8 Å². The molecule has 3 heteroatoms. The minimum Gasteiger partial charge on any atom is -0.398 e. The van der Waals surface area contributed by atoms with Crippen molar-refractivity contribution in [2.75, 3.05) is 0 Å². The Hall–Kier alpha value is -5.54. The number of nitrogens with two attached hydrogens (primary N) is 1. The zero-order chi connectivity index (χ0) is 29.2. The second-order valence-electron chi connectivity index (χ2n) is 10.9. The zero-order valence-corrected chi connectivity index (χ0v) is 23.9. The van der Waals surface area contributed by atoms with Gasteiger partial charge in [0.15, 0.2) is 0 Å². The number of hydrogen-bond donors (Lipinski definition) is 1. The minimum atomic E-state index is 0.553. The third-order valence-corrected chi connectivity index (χ3v) is 8.24. The molecule has 6 aromatic rings. The van der Waals surface area contributed by atoms with Gasteiger partial charge in [-0.2, -0.15) is 0 Å². The number of fused-ring (bicyclic) bond motifs is 3. The highest BCUT2D eigenvalue weighted by molar-refractivity contribution is 6.13. The number of pyridine rings is 1. The average Bonchev–Trinajstić information content (AvgIpc) is 3.08. The van der Waals surface area contributed by atoms with E-state index in [9.17, 15) is 0 Å². The maximum atomic E-state index is 6.78. The fourth-order valence-corrected chi connectivity index (χ4v) is 6.13. The molecule has 0 fully saturated rings. The summed E-state index contributed by atoms with van der Waals surface area (Å²) in [5.41, 5.74) is 15.5. The Labute approximate surface area is 251 Å². The van der Waals surface area contributed by atoms with E-state index >= 15 is 0 Å². The van der Waals surface area contributed by atoms with Crippen LogP contribution in [0.1, 0.15) is 17.5 Å². The molecule has 1 aliphatic rings. The highest BCUT2D eigenvalue weighted by Crippen LogP contribution is 2.37. The minimum absolute atomic E-state index is 0.553. The predicted molar refractivity (Wildman–Crippen MR) is 182 cm³/mol. The number of rotatable bonds is 5. The molecule has 0 spiro atoms. The van der Waals surface area contributed by atoms with E-state index in [4.69, 9.17) is 5.73 Å². The van der Waals surface area contributed by atoms with Gasteiger partial charge in [-0.3, -0.25) is 9.98 Å². The number of nitrogens with zero attached hydrogens (tertiary/aromatic N) is 2. The first-order valence-electron chi connectivity index (χ1n) is 14.5. The standard InChI is InChI=1S/C40H31N3/c1-42-25-27-21-32(23-33(22-27)38-24-31-11-5-6-12-34(31)36-13-7-8-14-37(36)38)28-15-17-30(18-16-28)40(41)39-26-43-20-19-35(39)29-9-3-2-4-10-29/h2-9,11-24,26H,1,10,25,41H2/b35-29-,40-39-. The van der Waals surface area contributed by atoms with Crippen molar-refractivity contribution in [3.63, 3.8) is 0 Å². The quantitative estimate of drug-likeness (QED) is 0.176. The smallest absolute Gasteiger partial charge is 0.0632 e. The molecular weight excluding hydrogens is 522 g/mol. The fraction of sp³-hybridized carbons (Fsp3) is 0.0500. The largest absolute Gasteiger partial charge is 0.398 e. The number of allylic oxidation sites excluding steroid dienone is 4. The molecule has 3 nitrogen and oxygen atoms in total. The first-order chi connectivity index (χ1) is 21.2. The van der Waals surface area contributed by atoms with Gasteiger partial charge in [-0.25, -0.2) is 0 Å². The summed E-state index contributed by atoms with van der Waals surface area (Å²) in [5, 5.41) is 7.06. The molecule has 43 heavy (non-hydrogen) atoms. The summed E-state index contributed by atoms with van der Waals surface area (Å²) < 4.78 is 0. The molecule has 1 aromatic heterocycles. The van der Waals surface area contributed by atoms with Crippen LogP contribution in [0.4, 0.5) is 0 Å². The summed E-state index contributed by atoms with van der Waals surface area (Å²) in [7, 11) is 0. The molecule has 206 valence electrons. The van der Waals surface area contributed by atoms with E-state index in [2.05, 4.69) is 138 Å². The van der Waals surface area contributed by atoms with Crippen molar-refractivity contribution < 1.29 is 0 Å². The van der Waals surface area contributed by atoms with Crippen molar-refractivity contribution in [1.82, 2.24) is 4.98 Å². The number of aromatic nitrogens is 1. The van der Waals surface area contributed by atoms with E-state index in [1.54, 1.807) is 0 Å². The summed E-state index contributed by atoms with van der Waals surface area (Å²) in [4.78, 5) is 8.61. The third kappa shape index (κ3) is 5.06. The van der Waals surface area contributed by atoms with Crippen molar-refractivity contribution in [3.8, 4) is 22.3 Å². The monoisotopic (exact) mass is 553 g/mol. The topological polar surface area (TPSA) is 51.3 Å². The lowest BCUT2D eigenvalue weighted by Gasteiger charge is -2.14. The molecule has 7 rings (SSSR count). The Balaban J connectivity index is 1.35. The van der Waals surface area contributed by atoms with Crippen LogP contribution in [-0.4, -0.2) is 11.7 Å². The van der Waals surface area contributed by atoms with Crippen molar-refractivity contribution in [2.24, 2.45) is 10.7 Å². The number of hydrogen-bond acceptors (Lipinski definition) is 3. The van der Waals surface area contributed by atoms with Crippen LogP contribution in [0.5, 0.6) is 0 Å². The van der Waals surface area contributed by atoms with E-state index in [0.29, 0.717) is 6.54 Å². The van der Waals surface area contributed by atoms with Crippen LogP contribution in [0.15, 0.2) is 145 Å². The van der Waals surface area contributed by atoms with Gasteiger partial charge in [-0.1, -0.05) is 97.1 Å². The van der Waals surface area contributed by atoms with E-state index in [-0.39, 0.29) is 0 Å². The molecule has 0 atom stereocenters. The van der Waals surface area contributed by atoms with Crippen molar-refractivity contribution in [2.45, 2.75) is 13.0 Å². The lowest BCUT2D eigenvalue weighted by atomic mass is 9.90. The second kappa shape index (κ2) is 11.4. The average molecular weight is 554 g/mol. The molecule has 0 saturated heterocycles. The molecular formula is C40H31N3. The molecule has 0 aliphatic heterocycles. The molecule has 1 aliphatic carbocycles. The van der Waals surface area contributed by atoms with Gasteiger partial charge in [0.25, 0.3) is 0 Å². The Bertz CT molecular complexity index is 2200. The lowest BCUT2D eigenvalue weighted by molar-refractivity contribution is 1.08. The highest BCUT2D eigenvalue weighted by atomic mass is 14.7. The third-order valence-electron chi connectivity index (χ3n) is 8.24. The Kier molecular flexibility index (Phi) is 6.98. The van der Waals surface area contributed by atoms with Crippen molar-refractivity contribution in [1.29, 1.82) is 0 Å². The van der Waals surface area contributed by atoms with Crippen molar-refractivity contribution in [3.05, 3.63) is 161 Å². The van der Waals surface area contributed by atoms with Gasteiger partial charge in [0.2, 0.25) is 0 Å². The van der Waals surface area contributed by atoms with Crippen LogP contribution < -0.4 is 16.2 Å². The second-order valence-corrected chi connectivity index (χ2v) is 10.9. The Morgan fingerprint density at radius 3 is 2.33 bits per heavy atom. The van der Waals surface area contributed by atoms with Crippen molar-refractivity contribution >= 4 is 39.5 Å². The van der Waals surface area contributed by atoms with E-state index in [1.165, 1.54) is 38.2 Å². The maximum Gasteiger partial charge on any atom is 0.0632 e. The summed E-state index contributed by atoms with van der Waals surface area (Å²) in [6, 6.07) is 36.8. The first kappa shape index (κ1) is 26.4. The summed E-state index contributed by atoms with van der Waals surface area (Å²) in [5.74, 6) is 0. The molecule has 0 unspecified atom stereocenters. The fourth-order valence-electron chi connectivity index (χ4n) is 6.13. The number of aliphatic imine (C=N–C) groups is 1. The van der Waals surface area contributed by atoms with Crippen LogP contribution in [0.3, 0.4) is 0 Å². The van der Waals surface area contributed by atoms with Gasteiger partial charge in [0, 0.05) is 23.3 Å². The zero-order valence-electron chi connectivity index (χ0n) is 23.9. The van der Waals surface area contributed by atoms with E-state index < -0.39 is 0 Å². The van der Waals surface area contributed by atoms with Gasteiger partial charge in [-0.15, -0.1) is 0 Å². The molecule has 1 heterocycles. The Morgan fingerprint density at radius 2 is 1.53 bits per heavy atom. The molecule has 0 amide bonds. The van der Waals surface area contributed by atoms with Gasteiger partial charge in [0.05, 0.1) is 6.54 Å². The summed E-state index contributed by atoms with van der Waals surface area (Å²) in [6.07, 6.45) is 13.0. The normalized spacial score (nSPS) is 14.7. The molecule has 0 bridgehead atoms. The van der Waals surface area contributed by atoms with Crippen LogP contribution in [0.2, 0.25) is 0 Å². The van der Waals surface area contributed by atoms with Crippen LogP contribution in [0.25, 0.3) is 55.1 Å². The highest BCUT2D eigenvalue weighted by Gasteiger charge is 2.12. The van der Waals surface area contributed by atoms with Gasteiger partial charge >= 0.3 is 0 Å². The SMILES string of the molecule is C=NCc1cc(-c2ccc(/C(N)=c3\cncc\c3=C3/C=CC=CC3)cc2)cc(-c2cc3ccccc3c3ccccc23)c1. The van der Waals surface area contributed by atoms with Crippen LogP contribution in [-0.2, 0) is 6.54 Å². The summed E-state index contributed by atoms with van der Waals surface area (Å²) >= 11 is 0. The van der Waals surface area contributed by atoms with E-state index in [1.807, 2.05) is 18.5 Å². The molecule has 0 saturated carbocycles. The number of benzene rings is 5. The maximum absolute atomic E-state index is 6.78. The molecule has 5 aromatic carbocycles. The summed E-state index contributed by atoms with van der Waals surface area (Å²) in [6.45, 7) is 4.32. The van der Waals surface area contributed by atoms with Crippen LogP contribution >= 0.6 is 0 Å². The van der Waals surface area contributed by atoms with Gasteiger partial charge < -0.3 is 5.73 Å².